The van der Waals surface area contributed by atoms with Crippen LogP contribution in [0.3, 0.4) is 0 Å². The van der Waals surface area contributed by atoms with E-state index in [4.69, 9.17) is 0 Å². The molecular formula is C12H19FN4O. The predicted octanol–water partition coefficient (Wildman–Crippen LogP) is 1.62. The van der Waals surface area contributed by atoms with Gasteiger partial charge in [0.1, 0.15) is 0 Å². The summed E-state index contributed by atoms with van der Waals surface area (Å²) in [6.45, 7) is 3.10. The normalized spacial score (nSPS) is 16.4. The van der Waals surface area contributed by atoms with Crippen molar-refractivity contribution in [1.82, 2.24) is 9.97 Å². The summed E-state index contributed by atoms with van der Waals surface area (Å²) in [5.41, 5.74) is 0. The van der Waals surface area contributed by atoms with Crippen LogP contribution in [0.5, 0.6) is 0 Å². The first-order valence-electron chi connectivity index (χ1n) is 6.39. The molecule has 0 aliphatic heterocycles. The Hall–Kier alpha value is -1.43. The van der Waals surface area contributed by atoms with Gasteiger partial charge in [-0.2, -0.15) is 4.98 Å². The van der Waals surface area contributed by atoms with E-state index in [1.54, 1.807) is 0 Å². The van der Waals surface area contributed by atoms with E-state index in [2.05, 4.69) is 20.6 Å². The van der Waals surface area contributed by atoms with Crippen molar-refractivity contribution in [3.63, 3.8) is 0 Å². The van der Waals surface area contributed by atoms with Gasteiger partial charge in [0.15, 0.2) is 11.6 Å². The molecule has 100 valence electrons. The molecule has 18 heavy (non-hydrogen) atoms. The van der Waals surface area contributed by atoms with E-state index in [1.807, 2.05) is 6.92 Å². The fraction of sp³-hybridized carbons (Fsp3) is 0.667. The fourth-order valence-corrected chi connectivity index (χ4v) is 1.66. The summed E-state index contributed by atoms with van der Waals surface area (Å²) < 4.78 is 13.5. The summed E-state index contributed by atoms with van der Waals surface area (Å²) in [7, 11) is 0. The van der Waals surface area contributed by atoms with Crippen LogP contribution >= 0.6 is 0 Å². The lowest BCUT2D eigenvalue weighted by Crippen LogP contribution is -2.22. The summed E-state index contributed by atoms with van der Waals surface area (Å²) in [5.74, 6) is 0.407. The summed E-state index contributed by atoms with van der Waals surface area (Å²) in [5, 5.41) is 15.5. The Bertz CT molecular complexity index is 398. The second kappa shape index (κ2) is 5.95. The molecule has 1 saturated carbocycles. The van der Waals surface area contributed by atoms with Gasteiger partial charge in [0, 0.05) is 13.1 Å². The number of aliphatic hydroxyl groups excluding tert-OH is 1. The van der Waals surface area contributed by atoms with Crippen LogP contribution in [-0.4, -0.2) is 34.3 Å². The Morgan fingerprint density at radius 1 is 1.50 bits per heavy atom. The molecule has 1 unspecified atom stereocenters. The van der Waals surface area contributed by atoms with Gasteiger partial charge >= 0.3 is 0 Å². The first-order chi connectivity index (χ1) is 8.70. The number of aliphatic hydroxyl groups is 1. The van der Waals surface area contributed by atoms with Crippen molar-refractivity contribution in [2.75, 3.05) is 23.7 Å². The molecular weight excluding hydrogens is 235 g/mol. The van der Waals surface area contributed by atoms with Crippen LogP contribution in [0.2, 0.25) is 0 Å². The largest absolute Gasteiger partial charge is 0.391 e. The van der Waals surface area contributed by atoms with Gasteiger partial charge in [0.05, 0.1) is 12.3 Å². The number of nitrogens with one attached hydrogen (secondary N) is 2. The molecule has 0 amide bonds. The molecule has 0 radical (unpaired) electrons. The number of aromatic nitrogens is 2. The van der Waals surface area contributed by atoms with E-state index in [0.29, 0.717) is 18.4 Å². The van der Waals surface area contributed by atoms with Crippen molar-refractivity contribution in [3.8, 4) is 0 Å². The number of hydrogen-bond donors (Lipinski definition) is 3. The quantitative estimate of drug-likeness (QED) is 0.690. The molecule has 3 N–H and O–H groups in total. The lowest BCUT2D eigenvalue weighted by atomic mass is 10.2. The Kier molecular flexibility index (Phi) is 4.30. The third kappa shape index (κ3) is 3.53. The molecule has 1 heterocycles. The first-order valence-corrected chi connectivity index (χ1v) is 6.39. The van der Waals surface area contributed by atoms with E-state index < -0.39 is 11.9 Å². The molecule has 0 bridgehead atoms. The number of anilines is 2. The van der Waals surface area contributed by atoms with Crippen molar-refractivity contribution < 1.29 is 9.50 Å². The maximum atomic E-state index is 13.5. The van der Waals surface area contributed by atoms with Gasteiger partial charge in [-0.1, -0.05) is 6.92 Å². The van der Waals surface area contributed by atoms with Gasteiger partial charge in [-0.25, -0.2) is 9.37 Å². The van der Waals surface area contributed by atoms with E-state index in [-0.39, 0.29) is 5.82 Å². The molecule has 1 aliphatic carbocycles. The molecule has 0 saturated heterocycles. The zero-order valence-corrected chi connectivity index (χ0v) is 10.5. The molecule has 6 heteroatoms. The molecule has 1 fully saturated rings. The average molecular weight is 254 g/mol. The molecule has 1 atom stereocenters. The highest BCUT2D eigenvalue weighted by molar-refractivity contribution is 5.41. The average Bonchev–Trinajstić information content (AvgIpc) is 3.20. The minimum Gasteiger partial charge on any atom is -0.391 e. The van der Waals surface area contributed by atoms with Crippen molar-refractivity contribution in [3.05, 3.63) is 12.0 Å². The fourth-order valence-electron chi connectivity index (χ4n) is 1.66. The van der Waals surface area contributed by atoms with Crippen LogP contribution in [0.1, 0.15) is 26.2 Å². The number of rotatable bonds is 7. The summed E-state index contributed by atoms with van der Waals surface area (Å²) in [4.78, 5) is 7.89. The highest BCUT2D eigenvalue weighted by atomic mass is 19.1. The molecule has 0 spiro atoms. The van der Waals surface area contributed by atoms with Gasteiger partial charge < -0.3 is 15.7 Å². The molecule has 5 nitrogen and oxygen atoms in total. The lowest BCUT2D eigenvalue weighted by molar-refractivity contribution is 0.164. The molecule has 2 rings (SSSR count). The van der Waals surface area contributed by atoms with Crippen LogP contribution in [0, 0.1) is 11.7 Å². The van der Waals surface area contributed by atoms with Crippen LogP contribution in [-0.2, 0) is 0 Å². The van der Waals surface area contributed by atoms with Crippen LogP contribution in [0.25, 0.3) is 0 Å². The summed E-state index contributed by atoms with van der Waals surface area (Å²) in [6, 6.07) is 0. The Labute approximate surface area is 106 Å². The highest BCUT2D eigenvalue weighted by Gasteiger charge is 2.29. The van der Waals surface area contributed by atoms with Crippen molar-refractivity contribution in [2.45, 2.75) is 32.3 Å². The minimum absolute atomic E-state index is 0.142. The zero-order chi connectivity index (χ0) is 13.0. The summed E-state index contributed by atoms with van der Waals surface area (Å²) in [6.07, 6.45) is 3.77. The number of nitrogens with zero attached hydrogens (tertiary/aromatic N) is 2. The van der Waals surface area contributed by atoms with E-state index in [0.717, 1.165) is 32.0 Å². The standard InChI is InChI=1S/C12H19FN4O/c1-2-5-14-12-16-6-9(13)11(17-12)15-7-10(18)8-3-4-8/h6,8,10,18H,2-5,7H2,1H3,(H2,14,15,16,17). The van der Waals surface area contributed by atoms with Crippen molar-refractivity contribution >= 4 is 11.8 Å². The van der Waals surface area contributed by atoms with E-state index >= 15 is 0 Å². The maximum Gasteiger partial charge on any atom is 0.224 e. The second-order valence-corrected chi connectivity index (χ2v) is 4.60. The monoisotopic (exact) mass is 254 g/mol. The molecule has 1 aromatic rings. The smallest absolute Gasteiger partial charge is 0.224 e. The van der Waals surface area contributed by atoms with E-state index in [9.17, 15) is 9.50 Å². The predicted molar refractivity (Wildman–Crippen MR) is 68.0 cm³/mol. The van der Waals surface area contributed by atoms with Gasteiger partial charge in [-0.3, -0.25) is 0 Å². The Balaban J connectivity index is 1.92. The van der Waals surface area contributed by atoms with E-state index in [1.165, 1.54) is 0 Å². The van der Waals surface area contributed by atoms with Crippen molar-refractivity contribution in [1.29, 1.82) is 0 Å². The zero-order valence-electron chi connectivity index (χ0n) is 10.5. The minimum atomic E-state index is -0.500. The van der Waals surface area contributed by atoms with Gasteiger partial charge in [-0.15, -0.1) is 0 Å². The van der Waals surface area contributed by atoms with Crippen molar-refractivity contribution in [2.24, 2.45) is 5.92 Å². The number of hydrogen-bond acceptors (Lipinski definition) is 5. The third-order valence-corrected chi connectivity index (χ3v) is 2.92. The van der Waals surface area contributed by atoms with Gasteiger partial charge in [-0.05, 0) is 25.2 Å². The SMILES string of the molecule is CCCNc1ncc(F)c(NCC(O)C2CC2)n1. The Morgan fingerprint density at radius 3 is 2.94 bits per heavy atom. The van der Waals surface area contributed by atoms with Gasteiger partial charge in [0.2, 0.25) is 5.95 Å². The molecule has 0 aromatic carbocycles. The van der Waals surface area contributed by atoms with Crippen LogP contribution in [0.15, 0.2) is 6.20 Å². The Morgan fingerprint density at radius 2 is 2.28 bits per heavy atom. The number of halogens is 1. The maximum absolute atomic E-state index is 13.5. The molecule has 1 aliphatic rings. The third-order valence-electron chi connectivity index (χ3n) is 2.92. The second-order valence-electron chi connectivity index (χ2n) is 4.60. The lowest BCUT2D eigenvalue weighted by Gasteiger charge is -2.12. The first kappa shape index (κ1) is 13.0. The highest BCUT2D eigenvalue weighted by Crippen LogP contribution is 2.32. The van der Waals surface area contributed by atoms with Crippen LogP contribution in [0.4, 0.5) is 16.2 Å². The summed E-state index contributed by atoms with van der Waals surface area (Å²) >= 11 is 0. The van der Waals surface area contributed by atoms with Gasteiger partial charge in [0.25, 0.3) is 0 Å². The van der Waals surface area contributed by atoms with Crippen LogP contribution < -0.4 is 10.6 Å². The molecule has 1 aromatic heterocycles. The topological polar surface area (TPSA) is 70.1 Å².